The van der Waals surface area contributed by atoms with Crippen LogP contribution in [0.4, 0.5) is 11.4 Å². The van der Waals surface area contributed by atoms with Crippen LogP contribution >= 0.6 is 0 Å². The number of hydrogen-bond acceptors (Lipinski definition) is 3. The van der Waals surface area contributed by atoms with Gasteiger partial charge in [0.15, 0.2) is 0 Å². The summed E-state index contributed by atoms with van der Waals surface area (Å²) in [6.45, 7) is -0.0469. The highest BCUT2D eigenvalue weighted by Crippen LogP contribution is 2.29. The maximum Gasteiger partial charge on any atom is 0.0688 e. The summed E-state index contributed by atoms with van der Waals surface area (Å²) in [7, 11) is 0. The predicted octanol–water partition coefficient (Wildman–Crippen LogP) is 2.01. The predicted molar refractivity (Wildman–Crippen MR) is 66.6 cm³/mol. The van der Waals surface area contributed by atoms with Crippen LogP contribution in [0.2, 0.25) is 0 Å². The van der Waals surface area contributed by atoms with Crippen LogP contribution in [-0.2, 0) is 6.61 Å². The van der Waals surface area contributed by atoms with E-state index in [0.29, 0.717) is 11.4 Å². The van der Waals surface area contributed by atoms with Gasteiger partial charge in [-0.2, -0.15) is 0 Å². The number of para-hydroxylation sites is 1. The highest BCUT2D eigenvalue weighted by atomic mass is 16.3. The zero-order valence-electron chi connectivity index (χ0n) is 8.85. The molecule has 0 aliphatic carbocycles. The Morgan fingerprint density at radius 3 is 2.38 bits per heavy atom. The number of aliphatic hydroxyl groups is 1. The average molecular weight is 214 g/mol. The van der Waals surface area contributed by atoms with E-state index in [-0.39, 0.29) is 6.61 Å². The van der Waals surface area contributed by atoms with E-state index in [9.17, 15) is 5.11 Å². The lowest BCUT2D eigenvalue weighted by Gasteiger charge is -2.10. The molecule has 0 radical (unpaired) electrons. The molecular formula is C13H14N2O. The van der Waals surface area contributed by atoms with E-state index >= 15 is 0 Å². The van der Waals surface area contributed by atoms with Crippen LogP contribution in [0.3, 0.4) is 0 Å². The van der Waals surface area contributed by atoms with Gasteiger partial charge in [-0.3, -0.25) is 0 Å². The highest BCUT2D eigenvalue weighted by Gasteiger charge is 2.07. The third kappa shape index (κ3) is 1.85. The number of aliphatic hydroxyl groups excluding tert-OH is 1. The first-order valence-corrected chi connectivity index (χ1v) is 5.06. The molecule has 3 heteroatoms. The number of anilines is 2. The summed E-state index contributed by atoms with van der Waals surface area (Å²) in [4.78, 5) is 0. The van der Waals surface area contributed by atoms with Crippen molar-refractivity contribution in [3.63, 3.8) is 0 Å². The first-order chi connectivity index (χ1) is 7.72. The average Bonchev–Trinajstić information content (AvgIpc) is 2.30. The van der Waals surface area contributed by atoms with Crippen molar-refractivity contribution in [3.8, 4) is 11.1 Å². The number of benzene rings is 2. The van der Waals surface area contributed by atoms with Crippen LogP contribution in [0.25, 0.3) is 11.1 Å². The second-order valence-electron chi connectivity index (χ2n) is 3.66. The monoisotopic (exact) mass is 214 g/mol. The molecule has 0 unspecified atom stereocenters. The Kier molecular flexibility index (Phi) is 2.79. The maximum atomic E-state index is 9.30. The Morgan fingerprint density at radius 1 is 0.938 bits per heavy atom. The molecule has 5 N–H and O–H groups in total. The van der Waals surface area contributed by atoms with E-state index < -0.39 is 0 Å². The molecule has 2 aromatic rings. The van der Waals surface area contributed by atoms with Crippen molar-refractivity contribution in [1.29, 1.82) is 0 Å². The Labute approximate surface area is 94.3 Å². The summed E-state index contributed by atoms with van der Waals surface area (Å²) in [5.74, 6) is 0. The van der Waals surface area contributed by atoms with Crippen molar-refractivity contribution in [2.45, 2.75) is 6.61 Å². The first-order valence-electron chi connectivity index (χ1n) is 5.06. The minimum absolute atomic E-state index is 0.0469. The number of nitrogen functional groups attached to an aromatic ring is 2. The van der Waals surface area contributed by atoms with Gasteiger partial charge >= 0.3 is 0 Å². The van der Waals surface area contributed by atoms with Gasteiger partial charge in [-0.05, 0) is 29.3 Å². The van der Waals surface area contributed by atoms with Crippen LogP contribution in [0.15, 0.2) is 42.5 Å². The van der Waals surface area contributed by atoms with Gasteiger partial charge < -0.3 is 16.6 Å². The largest absolute Gasteiger partial charge is 0.399 e. The Hall–Kier alpha value is -2.00. The van der Waals surface area contributed by atoms with Crippen molar-refractivity contribution in [3.05, 3.63) is 48.0 Å². The van der Waals surface area contributed by atoms with Gasteiger partial charge in [0.2, 0.25) is 0 Å². The van der Waals surface area contributed by atoms with Crippen LogP contribution in [0.1, 0.15) is 5.56 Å². The molecule has 0 heterocycles. The molecule has 0 aliphatic rings. The Bertz CT molecular complexity index is 509. The van der Waals surface area contributed by atoms with Gasteiger partial charge in [-0.25, -0.2) is 0 Å². The van der Waals surface area contributed by atoms with Crippen LogP contribution < -0.4 is 11.5 Å². The van der Waals surface area contributed by atoms with Crippen LogP contribution in [0.5, 0.6) is 0 Å². The summed E-state index contributed by atoms with van der Waals surface area (Å²) in [6.07, 6.45) is 0. The molecule has 0 aliphatic heterocycles. The summed E-state index contributed by atoms with van der Waals surface area (Å²) in [5.41, 5.74) is 15.6. The lowest BCUT2D eigenvalue weighted by atomic mass is 9.98. The van der Waals surface area contributed by atoms with E-state index in [1.54, 1.807) is 12.1 Å². The van der Waals surface area contributed by atoms with E-state index in [4.69, 9.17) is 11.5 Å². The summed E-state index contributed by atoms with van der Waals surface area (Å²) in [6, 6.07) is 13.0. The molecule has 0 aromatic heterocycles. The van der Waals surface area contributed by atoms with Crippen molar-refractivity contribution in [1.82, 2.24) is 0 Å². The van der Waals surface area contributed by atoms with Crippen LogP contribution in [-0.4, -0.2) is 5.11 Å². The van der Waals surface area contributed by atoms with Crippen molar-refractivity contribution in [2.75, 3.05) is 11.5 Å². The molecule has 0 bridgehead atoms. The summed E-state index contributed by atoms with van der Waals surface area (Å²) < 4.78 is 0. The molecule has 0 fully saturated rings. The first kappa shape index (κ1) is 10.5. The fourth-order valence-corrected chi connectivity index (χ4v) is 1.75. The SMILES string of the molecule is Nc1ccc(-c2ccccc2N)c(CO)c1. The van der Waals surface area contributed by atoms with Crippen molar-refractivity contribution < 1.29 is 5.11 Å². The zero-order valence-corrected chi connectivity index (χ0v) is 8.85. The molecule has 2 rings (SSSR count). The molecule has 0 atom stereocenters. The summed E-state index contributed by atoms with van der Waals surface area (Å²) in [5, 5.41) is 9.30. The second kappa shape index (κ2) is 4.24. The van der Waals surface area contributed by atoms with Gasteiger partial charge in [0.25, 0.3) is 0 Å². The zero-order chi connectivity index (χ0) is 11.5. The van der Waals surface area contributed by atoms with Gasteiger partial charge in [0, 0.05) is 16.9 Å². The Balaban J connectivity index is 2.60. The molecule has 0 spiro atoms. The molecule has 0 saturated carbocycles. The molecule has 2 aromatic carbocycles. The van der Waals surface area contributed by atoms with Crippen molar-refractivity contribution in [2.24, 2.45) is 0 Å². The normalized spacial score (nSPS) is 10.3. The molecule has 0 amide bonds. The van der Waals surface area contributed by atoms with E-state index in [1.165, 1.54) is 0 Å². The quantitative estimate of drug-likeness (QED) is 0.669. The van der Waals surface area contributed by atoms with E-state index in [2.05, 4.69) is 0 Å². The molecule has 82 valence electrons. The van der Waals surface area contributed by atoms with E-state index in [0.717, 1.165) is 16.7 Å². The minimum atomic E-state index is -0.0469. The van der Waals surface area contributed by atoms with Crippen LogP contribution in [0, 0.1) is 0 Å². The lowest BCUT2D eigenvalue weighted by Crippen LogP contribution is -1.96. The fraction of sp³-hybridized carbons (Fsp3) is 0.0769. The number of hydrogen-bond donors (Lipinski definition) is 3. The minimum Gasteiger partial charge on any atom is -0.399 e. The van der Waals surface area contributed by atoms with Gasteiger partial charge in [0.05, 0.1) is 6.61 Å². The fourth-order valence-electron chi connectivity index (χ4n) is 1.75. The third-order valence-electron chi connectivity index (χ3n) is 2.55. The van der Waals surface area contributed by atoms with Gasteiger partial charge in [0.1, 0.15) is 0 Å². The summed E-state index contributed by atoms with van der Waals surface area (Å²) >= 11 is 0. The second-order valence-corrected chi connectivity index (χ2v) is 3.66. The molecule has 0 saturated heterocycles. The topological polar surface area (TPSA) is 72.3 Å². The third-order valence-corrected chi connectivity index (χ3v) is 2.55. The smallest absolute Gasteiger partial charge is 0.0688 e. The number of nitrogens with two attached hydrogens (primary N) is 2. The number of rotatable bonds is 2. The maximum absolute atomic E-state index is 9.30. The van der Waals surface area contributed by atoms with Crippen molar-refractivity contribution >= 4 is 11.4 Å². The lowest BCUT2D eigenvalue weighted by molar-refractivity contribution is 0.282. The molecular weight excluding hydrogens is 200 g/mol. The molecule has 3 nitrogen and oxygen atoms in total. The van der Waals surface area contributed by atoms with E-state index in [1.807, 2.05) is 30.3 Å². The van der Waals surface area contributed by atoms with Gasteiger partial charge in [-0.15, -0.1) is 0 Å². The Morgan fingerprint density at radius 2 is 1.69 bits per heavy atom. The van der Waals surface area contributed by atoms with Gasteiger partial charge in [-0.1, -0.05) is 24.3 Å². The standard InChI is InChI=1S/C13H14N2O/c14-10-5-6-11(9(7-10)8-16)12-3-1-2-4-13(12)15/h1-7,16H,8,14-15H2. The highest BCUT2D eigenvalue weighted by molar-refractivity contribution is 5.79. The molecule has 16 heavy (non-hydrogen) atoms.